The van der Waals surface area contributed by atoms with E-state index in [4.69, 9.17) is 17.3 Å². The summed E-state index contributed by atoms with van der Waals surface area (Å²) in [7, 11) is 0. The van der Waals surface area contributed by atoms with E-state index in [0.717, 1.165) is 12.8 Å². The summed E-state index contributed by atoms with van der Waals surface area (Å²) in [5, 5.41) is 3.38. The summed E-state index contributed by atoms with van der Waals surface area (Å²) in [6.45, 7) is 0.998. The Hall–Kier alpha value is -1.75. The molecule has 5 nitrogen and oxygen atoms in total. The molecule has 0 aromatic heterocycles. The molecule has 3 N–H and O–H groups in total. The molecule has 3 amide bonds. The first-order valence-electron chi connectivity index (χ1n) is 6.17. The number of urea groups is 1. The number of amides is 3. The summed E-state index contributed by atoms with van der Waals surface area (Å²) < 4.78 is 0. The molecule has 2 rings (SSSR count). The lowest BCUT2D eigenvalue weighted by atomic mass is 9.97. The highest BCUT2D eigenvalue weighted by molar-refractivity contribution is 6.30. The second-order valence-electron chi connectivity index (χ2n) is 4.62. The largest absolute Gasteiger partial charge is 0.351 e. The zero-order valence-electron chi connectivity index (χ0n) is 10.4. The van der Waals surface area contributed by atoms with Crippen LogP contribution in [0.5, 0.6) is 0 Å². The summed E-state index contributed by atoms with van der Waals surface area (Å²) >= 11 is 5.86. The monoisotopic (exact) mass is 281 g/mol. The first kappa shape index (κ1) is 13.7. The highest BCUT2D eigenvalue weighted by atomic mass is 35.5. The first-order chi connectivity index (χ1) is 9.06. The van der Waals surface area contributed by atoms with Crippen molar-refractivity contribution >= 4 is 29.2 Å². The number of hydrogen-bond acceptors (Lipinski definition) is 2. The predicted octanol–water partition coefficient (Wildman–Crippen LogP) is 2.07. The van der Waals surface area contributed by atoms with Crippen LogP contribution in [-0.2, 0) is 4.79 Å². The van der Waals surface area contributed by atoms with Crippen LogP contribution < -0.4 is 11.1 Å². The topological polar surface area (TPSA) is 75.4 Å². The number of halogens is 1. The van der Waals surface area contributed by atoms with Gasteiger partial charge in [-0.3, -0.25) is 4.79 Å². The van der Waals surface area contributed by atoms with E-state index >= 15 is 0 Å². The Bertz CT molecular complexity index is 493. The molecular formula is C13H16ClN3O2. The number of nitrogens with one attached hydrogen (secondary N) is 1. The molecule has 6 heteroatoms. The van der Waals surface area contributed by atoms with Crippen molar-refractivity contribution in [3.8, 4) is 0 Å². The number of carbonyl (C=O) groups excluding carboxylic acids is 2. The van der Waals surface area contributed by atoms with Crippen molar-refractivity contribution in [1.82, 2.24) is 4.90 Å². The van der Waals surface area contributed by atoms with Crippen LogP contribution in [0.15, 0.2) is 24.3 Å². The maximum absolute atomic E-state index is 12.1. The lowest BCUT2D eigenvalue weighted by Gasteiger charge is -2.30. The average molecular weight is 282 g/mol. The number of nitrogens with two attached hydrogens (primary N) is 1. The fourth-order valence-electron chi connectivity index (χ4n) is 2.20. The number of primary amides is 1. The normalized spacial score (nSPS) is 19.0. The quantitative estimate of drug-likeness (QED) is 0.871. The minimum atomic E-state index is -0.472. The zero-order chi connectivity index (χ0) is 13.8. The number of anilines is 1. The molecule has 1 saturated heterocycles. The fourth-order valence-corrected chi connectivity index (χ4v) is 2.39. The molecule has 1 aliphatic heterocycles. The Balaban J connectivity index is 1.98. The summed E-state index contributed by atoms with van der Waals surface area (Å²) in [6.07, 6.45) is 1.55. The molecule has 102 valence electrons. The predicted molar refractivity (Wildman–Crippen MR) is 74.0 cm³/mol. The van der Waals surface area contributed by atoms with E-state index in [2.05, 4.69) is 5.32 Å². The molecule has 19 heavy (non-hydrogen) atoms. The molecule has 1 heterocycles. The third kappa shape index (κ3) is 3.61. The molecule has 0 unspecified atom stereocenters. The van der Waals surface area contributed by atoms with Crippen LogP contribution in [0.25, 0.3) is 0 Å². The molecule has 1 fully saturated rings. The van der Waals surface area contributed by atoms with Crippen LogP contribution in [0, 0.1) is 5.92 Å². The van der Waals surface area contributed by atoms with Gasteiger partial charge in [0.1, 0.15) is 0 Å². The van der Waals surface area contributed by atoms with Crippen molar-refractivity contribution < 1.29 is 9.59 Å². The van der Waals surface area contributed by atoms with Crippen LogP contribution in [-0.4, -0.2) is 29.9 Å². The van der Waals surface area contributed by atoms with Gasteiger partial charge >= 0.3 is 6.03 Å². The van der Waals surface area contributed by atoms with Crippen molar-refractivity contribution in [1.29, 1.82) is 0 Å². The van der Waals surface area contributed by atoms with Crippen LogP contribution in [0.2, 0.25) is 5.02 Å². The molecule has 0 aliphatic carbocycles. The molecule has 1 atom stereocenters. The minimum absolute atomic E-state index is 0.104. The van der Waals surface area contributed by atoms with Gasteiger partial charge in [0.05, 0.1) is 5.92 Å². The van der Waals surface area contributed by atoms with E-state index in [1.807, 2.05) is 0 Å². The molecule has 1 aromatic carbocycles. The highest BCUT2D eigenvalue weighted by Gasteiger charge is 2.27. The van der Waals surface area contributed by atoms with Gasteiger partial charge in [-0.1, -0.05) is 17.7 Å². The minimum Gasteiger partial charge on any atom is -0.351 e. The Morgan fingerprint density at radius 3 is 2.89 bits per heavy atom. The molecule has 1 aromatic rings. The van der Waals surface area contributed by atoms with E-state index in [1.54, 1.807) is 24.3 Å². The van der Waals surface area contributed by atoms with Gasteiger partial charge in [0, 0.05) is 23.8 Å². The summed E-state index contributed by atoms with van der Waals surface area (Å²) in [4.78, 5) is 24.7. The van der Waals surface area contributed by atoms with Gasteiger partial charge in [-0.25, -0.2) is 4.79 Å². The van der Waals surface area contributed by atoms with Crippen molar-refractivity contribution in [2.45, 2.75) is 12.8 Å². The van der Waals surface area contributed by atoms with Crippen LogP contribution in [0.1, 0.15) is 12.8 Å². The molecule has 1 aliphatic rings. The van der Waals surface area contributed by atoms with Gasteiger partial charge in [0.15, 0.2) is 0 Å². The number of piperidine rings is 1. The van der Waals surface area contributed by atoms with E-state index in [0.29, 0.717) is 23.8 Å². The second kappa shape index (κ2) is 5.93. The standard InChI is InChI=1S/C13H16ClN3O2/c14-10-4-1-5-11(7-10)16-12(18)9-3-2-6-17(8-9)13(15)19/h1,4-5,7,9H,2-3,6,8H2,(H2,15,19)(H,16,18)/t9-/m1/s1. The summed E-state index contributed by atoms with van der Waals surface area (Å²) in [5.41, 5.74) is 5.90. The van der Waals surface area contributed by atoms with Crippen LogP contribution in [0.4, 0.5) is 10.5 Å². The average Bonchev–Trinajstić information content (AvgIpc) is 2.39. The van der Waals surface area contributed by atoms with Crippen LogP contribution >= 0.6 is 11.6 Å². The molecule has 0 spiro atoms. The van der Waals surface area contributed by atoms with E-state index < -0.39 is 6.03 Å². The molecule has 0 bridgehead atoms. The van der Waals surface area contributed by atoms with Gasteiger partial charge in [-0.2, -0.15) is 0 Å². The van der Waals surface area contributed by atoms with Crippen molar-refractivity contribution in [3.05, 3.63) is 29.3 Å². The van der Waals surface area contributed by atoms with Crippen molar-refractivity contribution in [2.75, 3.05) is 18.4 Å². The number of likely N-dealkylation sites (tertiary alicyclic amines) is 1. The third-order valence-corrected chi connectivity index (χ3v) is 3.43. The SMILES string of the molecule is NC(=O)N1CCC[C@@H](C(=O)Nc2cccc(Cl)c2)C1. The smallest absolute Gasteiger partial charge is 0.314 e. The highest BCUT2D eigenvalue weighted by Crippen LogP contribution is 2.20. The Labute approximate surface area is 116 Å². The summed E-state index contributed by atoms with van der Waals surface area (Å²) in [6, 6.07) is 6.51. The maximum atomic E-state index is 12.1. The number of rotatable bonds is 2. The molecule has 0 saturated carbocycles. The van der Waals surface area contributed by atoms with E-state index in [-0.39, 0.29) is 11.8 Å². The van der Waals surface area contributed by atoms with Gasteiger partial charge in [0.2, 0.25) is 5.91 Å². The Kier molecular flexibility index (Phi) is 4.27. The zero-order valence-corrected chi connectivity index (χ0v) is 11.2. The number of benzene rings is 1. The van der Waals surface area contributed by atoms with Crippen LogP contribution in [0.3, 0.4) is 0 Å². The lowest BCUT2D eigenvalue weighted by Crippen LogP contribution is -2.46. The fraction of sp³-hybridized carbons (Fsp3) is 0.385. The van der Waals surface area contributed by atoms with E-state index in [9.17, 15) is 9.59 Å². The number of hydrogen-bond donors (Lipinski definition) is 2. The van der Waals surface area contributed by atoms with Gasteiger partial charge in [-0.15, -0.1) is 0 Å². The van der Waals surface area contributed by atoms with Gasteiger partial charge in [-0.05, 0) is 31.0 Å². The Morgan fingerprint density at radius 2 is 2.21 bits per heavy atom. The maximum Gasteiger partial charge on any atom is 0.314 e. The lowest BCUT2D eigenvalue weighted by molar-refractivity contribution is -0.121. The van der Waals surface area contributed by atoms with Crippen molar-refractivity contribution in [3.63, 3.8) is 0 Å². The second-order valence-corrected chi connectivity index (χ2v) is 5.06. The summed E-state index contributed by atoms with van der Waals surface area (Å²) in [5.74, 6) is -0.326. The molecule has 0 radical (unpaired) electrons. The molecular weight excluding hydrogens is 266 g/mol. The van der Waals surface area contributed by atoms with Gasteiger partial charge in [0.25, 0.3) is 0 Å². The van der Waals surface area contributed by atoms with Crippen molar-refractivity contribution in [2.24, 2.45) is 11.7 Å². The first-order valence-corrected chi connectivity index (χ1v) is 6.55. The van der Waals surface area contributed by atoms with Gasteiger partial charge < -0.3 is 16.0 Å². The van der Waals surface area contributed by atoms with E-state index in [1.165, 1.54) is 4.90 Å². The number of carbonyl (C=O) groups is 2. The Morgan fingerprint density at radius 1 is 1.42 bits per heavy atom. The number of nitrogens with zero attached hydrogens (tertiary/aromatic N) is 1. The third-order valence-electron chi connectivity index (χ3n) is 3.20.